The zero-order valence-electron chi connectivity index (χ0n) is 10.2. The molecule has 0 spiro atoms. The lowest BCUT2D eigenvalue weighted by Gasteiger charge is -2.07. The van der Waals surface area contributed by atoms with E-state index in [0.717, 1.165) is 5.69 Å². The molecule has 1 aromatic rings. The Morgan fingerprint density at radius 1 is 1.56 bits per heavy atom. The molecule has 0 fully saturated rings. The number of aliphatic hydroxyl groups excluding tert-OH is 1. The predicted molar refractivity (Wildman–Crippen MR) is 63.2 cm³/mol. The number of carbonyl (C=O) groups is 2. The maximum absolute atomic E-state index is 11.4. The normalized spacial score (nSPS) is 11.9. The van der Waals surface area contributed by atoms with Gasteiger partial charge in [0.15, 0.2) is 11.9 Å². The van der Waals surface area contributed by atoms with Crippen LogP contribution in [0.4, 0.5) is 10.6 Å². The molecule has 0 aromatic carbocycles. The van der Waals surface area contributed by atoms with Crippen LogP contribution < -0.4 is 10.6 Å². The summed E-state index contributed by atoms with van der Waals surface area (Å²) in [6.07, 6.45) is -1.52. The number of anilines is 1. The second-order valence-corrected chi connectivity index (χ2v) is 3.82. The number of aromatic nitrogens is 2. The lowest BCUT2D eigenvalue weighted by Crippen LogP contribution is -2.33. The Balaban J connectivity index is 2.32. The van der Waals surface area contributed by atoms with Crippen LogP contribution in [0.5, 0.6) is 0 Å². The van der Waals surface area contributed by atoms with E-state index >= 15 is 0 Å². The topological polar surface area (TPSA) is 116 Å². The Hall–Kier alpha value is -2.09. The zero-order valence-corrected chi connectivity index (χ0v) is 10.2. The minimum Gasteiger partial charge on any atom is -0.479 e. The van der Waals surface area contributed by atoms with Crippen molar-refractivity contribution in [2.45, 2.75) is 19.4 Å². The van der Waals surface area contributed by atoms with Crippen molar-refractivity contribution < 1.29 is 19.8 Å². The van der Waals surface area contributed by atoms with Crippen molar-refractivity contribution in [2.75, 3.05) is 11.9 Å². The van der Waals surface area contributed by atoms with Crippen molar-refractivity contribution in [3.63, 3.8) is 0 Å². The molecule has 0 unspecified atom stereocenters. The van der Waals surface area contributed by atoms with Gasteiger partial charge in [-0.15, -0.1) is 0 Å². The van der Waals surface area contributed by atoms with Crippen LogP contribution in [0.25, 0.3) is 0 Å². The number of aliphatic hydroxyl groups is 1. The first kappa shape index (κ1) is 14.0. The van der Waals surface area contributed by atoms with Gasteiger partial charge in [-0.05, 0) is 6.92 Å². The number of amides is 2. The third-order valence-corrected chi connectivity index (χ3v) is 2.34. The van der Waals surface area contributed by atoms with Gasteiger partial charge in [-0.25, -0.2) is 9.59 Å². The molecule has 0 aliphatic carbocycles. The largest absolute Gasteiger partial charge is 0.479 e. The van der Waals surface area contributed by atoms with Crippen molar-refractivity contribution >= 4 is 17.8 Å². The van der Waals surface area contributed by atoms with E-state index in [0.29, 0.717) is 5.82 Å². The van der Waals surface area contributed by atoms with Crippen LogP contribution in [-0.4, -0.2) is 44.6 Å². The maximum atomic E-state index is 11.4. The number of carboxylic acid groups (broad SMARTS) is 1. The van der Waals surface area contributed by atoms with Crippen LogP contribution in [0.1, 0.15) is 12.1 Å². The van der Waals surface area contributed by atoms with E-state index in [1.54, 1.807) is 17.8 Å². The van der Waals surface area contributed by atoms with Crippen LogP contribution >= 0.6 is 0 Å². The van der Waals surface area contributed by atoms with Crippen LogP contribution in [-0.2, 0) is 11.8 Å². The summed E-state index contributed by atoms with van der Waals surface area (Å²) < 4.78 is 1.61. The molecule has 1 aromatic heterocycles. The standard InChI is InChI=1S/C10H16N4O4/c1-6-5-8(13-14(6)2)12-10(18)11-4-3-7(15)9(16)17/h5,7,15H,3-4H2,1-2H3,(H,16,17)(H2,11,12,13,18)/t7-/m0/s1. The predicted octanol–water partition coefficient (Wildman–Crippen LogP) is -0.314. The summed E-state index contributed by atoms with van der Waals surface area (Å²) in [5, 5.41) is 26.3. The number of hydrogen-bond acceptors (Lipinski definition) is 4. The first-order chi connectivity index (χ1) is 8.40. The van der Waals surface area contributed by atoms with Gasteiger partial charge in [0.2, 0.25) is 0 Å². The highest BCUT2D eigenvalue weighted by Crippen LogP contribution is 2.06. The van der Waals surface area contributed by atoms with Gasteiger partial charge in [0.1, 0.15) is 0 Å². The summed E-state index contributed by atoms with van der Waals surface area (Å²) >= 11 is 0. The number of urea groups is 1. The molecule has 0 radical (unpaired) electrons. The first-order valence-electron chi connectivity index (χ1n) is 5.36. The van der Waals surface area contributed by atoms with Gasteiger partial charge in [0, 0.05) is 31.8 Å². The van der Waals surface area contributed by atoms with E-state index in [4.69, 9.17) is 10.2 Å². The number of hydrogen-bond donors (Lipinski definition) is 4. The molecule has 0 bridgehead atoms. The zero-order chi connectivity index (χ0) is 13.7. The highest BCUT2D eigenvalue weighted by atomic mass is 16.4. The molecule has 0 saturated carbocycles. The lowest BCUT2D eigenvalue weighted by atomic mass is 10.2. The minimum absolute atomic E-state index is 0.0516. The summed E-state index contributed by atoms with van der Waals surface area (Å²) in [5.41, 5.74) is 0.895. The van der Waals surface area contributed by atoms with E-state index < -0.39 is 18.1 Å². The number of carboxylic acids is 1. The van der Waals surface area contributed by atoms with Gasteiger partial charge in [-0.1, -0.05) is 0 Å². The fourth-order valence-corrected chi connectivity index (χ4v) is 1.23. The number of rotatable bonds is 5. The van der Waals surface area contributed by atoms with Gasteiger partial charge in [0.25, 0.3) is 0 Å². The average molecular weight is 256 g/mol. The van der Waals surface area contributed by atoms with E-state index in [1.165, 1.54) is 0 Å². The van der Waals surface area contributed by atoms with E-state index in [1.807, 2.05) is 6.92 Å². The van der Waals surface area contributed by atoms with Crippen molar-refractivity contribution in [1.82, 2.24) is 15.1 Å². The molecule has 1 atom stereocenters. The second kappa shape index (κ2) is 6.01. The first-order valence-corrected chi connectivity index (χ1v) is 5.36. The number of aryl methyl sites for hydroxylation is 2. The average Bonchev–Trinajstić information content (AvgIpc) is 2.57. The molecule has 1 heterocycles. The molecular formula is C10H16N4O4. The Morgan fingerprint density at radius 3 is 2.72 bits per heavy atom. The van der Waals surface area contributed by atoms with Gasteiger partial charge < -0.3 is 15.5 Å². The molecule has 18 heavy (non-hydrogen) atoms. The molecule has 0 aliphatic rings. The molecule has 0 saturated heterocycles. The number of nitrogens with one attached hydrogen (secondary N) is 2. The molecule has 100 valence electrons. The molecule has 8 nitrogen and oxygen atoms in total. The molecule has 4 N–H and O–H groups in total. The number of nitrogens with zero attached hydrogens (tertiary/aromatic N) is 2. The second-order valence-electron chi connectivity index (χ2n) is 3.82. The van der Waals surface area contributed by atoms with Gasteiger partial charge in [-0.2, -0.15) is 5.10 Å². The summed E-state index contributed by atoms with van der Waals surface area (Å²) in [4.78, 5) is 21.7. The van der Waals surface area contributed by atoms with Crippen LogP contribution in [0.2, 0.25) is 0 Å². The molecule has 8 heteroatoms. The van der Waals surface area contributed by atoms with E-state index in [-0.39, 0.29) is 13.0 Å². The third-order valence-electron chi connectivity index (χ3n) is 2.34. The van der Waals surface area contributed by atoms with E-state index in [2.05, 4.69) is 15.7 Å². The van der Waals surface area contributed by atoms with Gasteiger partial charge in [-0.3, -0.25) is 10.00 Å². The smallest absolute Gasteiger partial charge is 0.332 e. The van der Waals surface area contributed by atoms with Crippen molar-refractivity contribution in [2.24, 2.45) is 7.05 Å². The number of aliphatic carboxylic acids is 1. The Bertz CT molecular complexity index is 424. The Labute approximate surface area is 104 Å². The van der Waals surface area contributed by atoms with Crippen molar-refractivity contribution in [3.8, 4) is 0 Å². The molecule has 0 aliphatic heterocycles. The number of carbonyl (C=O) groups excluding carboxylic acids is 1. The molecule has 1 rings (SSSR count). The van der Waals surface area contributed by atoms with Crippen molar-refractivity contribution in [3.05, 3.63) is 11.8 Å². The van der Waals surface area contributed by atoms with Crippen LogP contribution in [0.15, 0.2) is 6.07 Å². The Morgan fingerprint density at radius 2 is 2.22 bits per heavy atom. The van der Waals surface area contributed by atoms with Crippen LogP contribution in [0.3, 0.4) is 0 Å². The summed E-state index contributed by atoms with van der Waals surface area (Å²) in [6.45, 7) is 1.91. The highest BCUT2D eigenvalue weighted by Gasteiger charge is 2.13. The Kier molecular flexibility index (Phi) is 4.67. The molecule has 2 amide bonds. The summed E-state index contributed by atoms with van der Waals surface area (Å²) in [6, 6.07) is 1.21. The minimum atomic E-state index is -1.47. The third kappa shape index (κ3) is 4.06. The highest BCUT2D eigenvalue weighted by molar-refractivity contribution is 5.88. The maximum Gasteiger partial charge on any atom is 0.332 e. The summed E-state index contributed by atoms with van der Waals surface area (Å²) in [5.74, 6) is -0.899. The van der Waals surface area contributed by atoms with Gasteiger partial charge >= 0.3 is 12.0 Å². The van der Waals surface area contributed by atoms with Crippen LogP contribution in [0, 0.1) is 6.92 Å². The van der Waals surface area contributed by atoms with Crippen molar-refractivity contribution in [1.29, 1.82) is 0 Å². The fourth-order valence-electron chi connectivity index (χ4n) is 1.23. The van der Waals surface area contributed by atoms with E-state index in [9.17, 15) is 9.59 Å². The SMILES string of the molecule is Cc1cc(NC(=O)NCC[C@H](O)C(=O)O)nn1C. The fraction of sp³-hybridized carbons (Fsp3) is 0.500. The lowest BCUT2D eigenvalue weighted by molar-refractivity contribution is -0.146. The van der Waals surface area contributed by atoms with Gasteiger partial charge in [0.05, 0.1) is 0 Å². The molecular weight excluding hydrogens is 240 g/mol. The summed E-state index contributed by atoms with van der Waals surface area (Å²) in [7, 11) is 1.75. The monoisotopic (exact) mass is 256 g/mol. The quantitative estimate of drug-likeness (QED) is 0.576.